The van der Waals surface area contributed by atoms with Gasteiger partial charge in [-0.2, -0.15) is 0 Å². The Labute approximate surface area is 175 Å². The highest BCUT2D eigenvalue weighted by Gasteiger charge is 2.28. The molecule has 3 aromatic heterocycles. The molecule has 0 saturated heterocycles. The summed E-state index contributed by atoms with van der Waals surface area (Å²) in [5, 5.41) is 6.09. The van der Waals surface area contributed by atoms with Crippen molar-refractivity contribution in [2.75, 3.05) is 13.6 Å². The molecule has 29 heavy (non-hydrogen) atoms. The van der Waals surface area contributed by atoms with Gasteiger partial charge in [0.25, 0.3) is 5.91 Å². The number of nitrogens with zero attached hydrogens (tertiary/aromatic N) is 4. The maximum absolute atomic E-state index is 13.2. The number of aromatic nitrogens is 2. The lowest BCUT2D eigenvalue weighted by atomic mass is 10.0. The van der Waals surface area contributed by atoms with Gasteiger partial charge < -0.3 is 9.42 Å². The van der Waals surface area contributed by atoms with Crippen LogP contribution in [0.4, 0.5) is 0 Å². The van der Waals surface area contributed by atoms with Gasteiger partial charge >= 0.3 is 0 Å². The number of thiophene rings is 1. The van der Waals surface area contributed by atoms with Crippen molar-refractivity contribution in [3.05, 3.63) is 68.5 Å². The number of carbonyl (C=O) groups is 1. The van der Waals surface area contributed by atoms with Crippen LogP contribution in [0.2, 0.25) is 0 Å². The van der Waals surface area contributed by atoms with Gasteiger partial charge in [-0.05, 0) is 44.4 Å². The summed E-state index contributed by atoms with van der Waals surface area (Å²) in [7, 11) is 1.87. The van der Waals surface area contributed by atoms with Gasteiger partial charge in [-0.25, -0.2) is 0 Å². The van der Waals surface area contributed by atoms with Crippen LogP contribution < -0.4 is 0 Å². The molecule has 1 unspecified atom stereocenters. The molecule has 1 aliphatic heterocycles. The van der Waals surface area contributed by atoms with Crippen molar-refractivity contribution < 1.29 is 9.32 Å². The second-order valence-corrected chi connectivity index (χ2v) is 8.66. The minimum Gasteiger partial charge on any atom is -0.361 e. The Morgan fingerprint density at radius 1 is 1.41 bits per heavy atom. The first kappa shape index (κ1) is 19.8. The molecule has 0 fully saturated rings. The molecule has 1 atom stereocenters. The molecule has 0 aromatic carbocycles. The van der Waals surface area contributed by atoms with E-state index in [0.717, 1.165) is 48.6 Å². The van der Waals surface area contributed by atoms with Gasteiger partial charge in [-0.15, -0.1) is 11.3 Å². The minimum absolute atomic E-state index is 0.0219. The lowest BCUT2D eigenvalue weighted by Gasteiger charge is -2.28. The van der Waals surface area contributed by atoms with Crippen LogP contribution in [0.3, 0.4) is 0 Å². The van der Waals surface area contributed by atoms with Crippen LogP contribution in [0.1, 0.15) is 56.3 Å². The summed E-state index contributed by atoms with van der Waals surface area (Å²) in [5.41, 5.74) is 5.23. The zero-order valence-electron chi connectivity index (χ0n) is 17.3. The van der Waals surface area contributed by atoms with Gasteiger partial charge in [-0.1, -0.05) is 11.2 Å². The summed E-state index contributed by atoms with van der Waals surface area (Å²) < 4.78 is 5.30. The number of hydrogen-bond donors (Lipinski definition) is 0. The lowest BCUT2D eigenvalue weighted by molar-refractivity contribution is 0.0741. The fraction of sp³-hybridized carbons (Fsp3) is 0.409. The molecule has 0 saturated carbocycles. The average molecular weight is 411 g/mol. The van der Waals surface area contributed by atoms with Crippen LogP contribution in [0, 0.1) is 13.8 Å². The van der Waals surface area contributed by atoms with Gasteiger partial charge in [-0.3, -0.25) is 14.7 Å². The van der Waals surface area contributed by atoms with Crippen molar-refractivity contribution in [2.45, 2.75) is 46.3 Å². The number of aryl methyl sites for hydroxylation is 2. The molecular weight excluding hydrogens is 384 g/mol. The van der Waals surface area contributed by atoms with Crippen LogP contribution in [-0.4, -0.2) is 39.4 Å². The SMILES string of the molecule is Cc1noc(C)c1CN1CCc2c(C(=O)N(C)C(C)c3cccnc3)csc2C1. The molecule has 0 spiro atoms. The molecule has 4 rings (SSSR count). The van der Waals surface area contributed by atoms with Crippen molar-refractivity contribution in [3.63, 3.8) is 0 Å². The fourth-order valence-electron chi connectivity index (χ4n) is 3.86. The Morgan fingerprint density at radius 2 is 2.24 bits per heavy atom. The van der Waals surface area contributed by atoms with Gasteiger partial charge in [0.1, 0.15) is 5.76 Å². The normalized spacial score (nSPS) is 15.2. The Hall–Kier alpha value is -2.51. The van der Waals surface area contributed by atoms with E-state index >= 15 is 0 Å². The second kappa shape index (κ2) is 8.08. The molecule has 0 radical (unpaired) electrons. The van der Waals surface area contributed by atoms with Crippen molar-refractivity contribution in [1.82, 2.24) is 19.9 Å². The number of rotatable bonds is 5. The number of carbonyl (C=O) groups excluding carboxylic acids is 1. The summed E-state index contributed by atoms with van der Waals surface area (Å²) in [4.78, 5) is 22.9. The highest BCUT2D eigenvalue weighted by Crippen LogP contribution is 2.32. The molecule has 4 heterocycles. The summed E-state index contributed by atoms with van der Waals surface area (Å²) in [6, 6.07) is 3.90. The molecule has 0 bridgehead atoms. The van der Waals surface area contributed by atoms with Crippen LogP contribution >= 0.6 is 11.3 Å². The van der Waals surface area contributed by atoms with E-state index in [1.165, 1.54) is 16.0 Å². The standard InChI is InChI=1S/C22H26N4O2S/c1-14-19(16(3)28-24-14)11-26-9-7-18-20(13-29-21(18)12-26)22(27)25(4)15(2)17-6-5-8-23-10-17/h5-6,8,10,13,15H,7,9,11-12H2,1-4H3. The Morgan fingerprint density at radius 3 is 2.93 bits per heavy atom. The maximum Gasteiger partial charge on any atom is 0.255 e. The Bertz CT molecular complexity index is 992. The number of pyridine rings is 1. The van der Waals surface area contributed by atoms with E-state index in [4.69, 9.17) is 4.52 Å². The molecule has 1 aliphatic rings. The minimum atomic E-state index is -0.0219. The predicted molar refractivity (Wildman–Crippen MR) is 113 cm³/mol. The monoisotopic (exact) mass is 410 g/mol. The smallest absolute Gasteiger partial charge is 0.255 e. The molecule has 0 N–H and O–H groups in total. The van der Waals surface area contributed by atoms with Crippen LogP contribution in [0.15, 0.2) is 34.4 Å². The topological polar surface area (TPSA) is 62.5 Å². The van der Waals surface area contributed by atoms with E-state index in [-0.39, 0.29) is 11.9 Å². The molecule has 1 amide bonds. The van der Waals surface area contributed by atoms with E-state index in [1.54, 1.807) is 17.5 Å². The van der Waals surface area contributed by atoms with Crippen LogP contribution in [0.5, 0.6) is 0 Å². The zero-order chi connectivity index (χ0) is 20.5. The molecule has 7 heteroatoms. The second-order valence-electron chi connectivity index (χ2n) is 7.69. The molecule has 0 aliphatic carbocycles. The van der Waals surface area contributed by atoms with Gasteiger partial charge in [0.15, 0.2) is 0 Å². The van der Waals surface area contributed by atoms with Crippen LogP contribution in [0.25, 0.3) is 0 Å². The third-order valence-electron chi connectivity index (χ3n) is 5.89. The highest BCUT2D eigenvalue weighted by molar-refractivity contribution is 7.10. The van der Waals surface area contributed by atoms with Gasteiger partial charge in [0.05, 0.1) is 17.3 Å². The first-order chi connectivity index (χ1) is 14.0. The maximum atomic E-state index is 13.2. The quantitative estimate of drug-likeness (QED) is 0.633. The van der Waals surface area contributed by atoms with E-state index in [1.807, 2.05) is 56.4 Å². The van der Waals surface area contributed by atoms with E-state index in [9.17, 15) is 4.79 Å². The summed E-state index contributed by atoms with van der Waals surface area (Å²) in [6.45, 7) is 8.61. The largest absolute Gasteiger partial charge is 0.361 e. The zero-order valence-corrected chi connectivity index (χ0v) is 18.1. The van der Waals surface area contributed by atoms with E-state index < -0.39 is 0 Å². The highest BCUT2D eigenvalue weighted by atomic mass is 32.1. The molecular formula is C22H26N4O2S. The number of fused-ring (bicyclic) bond motifs is 1. The average Bonchev–Trinajstić information content (AvgIpc) is 3.30. The van der Waals surface area contributed by atoms with Crippen molar-refractivity contribution in [3.8, 4) is 0 Å². The van der Waals surface area contributed by atoms with E-state index in [0.29, 0.717) is 0 Å². The summed E-state index contributed by atoms with van der Waals surface area (Å²) in [5.74, 6) is 0.972. The third kappa shape index (κ3) is 3.84. The molecule has 3 aromatic rings. The molecule has 152 valence electrons. The van der Waals surface area contributed by atoms with Crippen LogP contribution in [-0.2, 0) is 19.5 Å². The first-order valence-corrected chi connectivity index (χ1v) is 10.7. The number of amides is 1. The van der Waals surface area contributed by atoms with E-state index in [2.05, 4.69) is 15.0 Å². The van der Waals surface area contributed by atoms with Gasteiger partial charge in [0, 0.05) is 54.9 Å². The molecule has 6 nitrogen and oxygen atoms in total. The Balaban J connectivity index is 1.48. The van der Waals surface area contributed by atoms with Gasteiger partial charge in [0.2, 0.25) is 0 Å². The van der Waals surface area contributed by atoms with Crippen molar-refractivity contribution in [1.29, 1.82) is 0 Å². The van der Waals surface area contributed by atoms with Crippen molar-refractivity contribution >= 4 is 17.2 Å². The Kier molecular flexibility index (Phi) is 5.52. The fourth-order valence-corrected chi connectivity index (χ4v) is 4.97. The lowest BCUT2D eigenvalue weighted by Crippen LogP contribution is -2.33. The first-order valence-electron chi connectivity index (χ1n) is 9.86. The number of hydrogen-bond acceptors (Lipinski definition) is 6. The summed E-state index contributed by atoms with van der Waals surface area (Å²) >= 11 is 1.69. The summed E-state index contributed by atoms with van der Waals surface area (Å²) in [6.07, 6.45) is 4.46. The third-order valence-corrected chi connectivity index (χ3v) is 6.90. The van der Waals surface area contributed by atoms with Crippen molar-refractivity contribution in [2.24, 2.45) is 0 Å². The predicted octanol–water partition coefficient (Wildman–Crippen LogP) is 4.14.